The Morgan fingerprint density at radius 2 is 2.00 bits per heavy atom. The standard InChI is InChI=1S/C10H10Cl2O4/c1-10(15,9(13)14)6-3-5(11)4-7(12)8(6)16-2/h3-4,15H,1-2H3,(H,13,14). The first-order valence-corrected chi connectivity index (χ1v) is 5.05. The number of carboxylic acids is 1. The van der Waals surface area contributed by atoms with Gasteiger partial charge >= 0.3 is 5.97 Å². The smallest absolute Gasteiger partial charge is 0.340 e. The van der Waals surface area contributed by atoms with Gasteiger partial charge < -0.3 is 14.9 Å². The van der Waals surface area contributed by atoms with E-state index in [4.69, 9.17) is 33.0 Å². The minimum atomic E-state index is -2.11. The third kappa shape index (κ3) is 2.24. The van der Waals surface area contributed by atoms with Crippen molar-refractivity contribution in [1.29, 1.82) is 0 Å². The minimum absolute atomic E-state index is 0.0139. The molecule has 0 amide bonds. The molecule has 2 N–H and O–H groups in total. The lowest BCUT2D eigenvalue weighted by Gasteiger charge is -2.22. The first-order chi connectivity index (χ1) is 7.30. The van der Waals surface area contributed by atoms with Gasteiger partial charge in [-0.1, -0.05) is 23.2 Å². The molecule has 1 aromatic rings. The topological polar surface area (TPSA) is 66.8 Å². The van der Waals surface area contributed by atoms with Gasteiger partial charge in [0.05, 0.1) is 12.1 Å². The van der Waals surface area contributed by atoms with Crippen molar-refractivity contribution in [3.63, 3.8) is 0 Å². The van der Waals surface area contributed by atoms with E-state index in [0.29, 0.717) is 0 Å². The zero-order chi connectivity index (χ0) is 12.5. The molecule has 0 aliphatic carbocycles. The van der Waals surface area contributed by atoms with Crippen LogP contribution in [0.15, 0.2) is 12.1 Å². The van der Waals surface area contributed by atoms with E-state index in [1.165, 1.54) is 19.2 Å². The van der Waals surface area contributed by atoms with Crippen LogP contribution < -0.4 is 4.74 Å². The number of hydrogen-bond donors (Lipinski definition) is 2. The van der Waals surface area contributed by atoms with Gasteiger partial charge in [0.15, 0.2) is 5.60 Å². The molecule has 88 valence electrons. The minimum Gasteiger partial charge on any atom is -0.495 e. The zero-order valence-corrected chi connectivity index (χ0v) is 10.1. The molecule has 0 bridgehead atoms. The molecular weight excluding hydrogens is 255 g/mol. The first-order valence-electron chi connectivity index (χ1n) is 4.30. The van der Waals surface area contributed by atoms with Crippen LogP contribution in [0.25, 0.3) is 0 Å². The summed E-state index contributed by atoms with van der Waals surface area (Å²) < 4.78 is 4.95. The van der Waals surface area contributed by atoms with E-state index < -0.39 is 11.6 Å². The number of methoxy groups -OCH3 is 1. The number of rotatable bonds is 3. The lowest BCUT2D eigenvalue weighted by Crippen LogP contribution is -2.32. The number of ether oxygens (including phenoxy) is 1. The van der Waals surface area contributed by atoms with Gasteiger partial charge in [-0.15, -0.1) is 0 Å². The van der Waals surface area contributed by atoms with Gasteiger partial charge in [0.1, 0.15) is 5.75 Å². The number of aliphatic carboxylic acids is 1. The van der Waals surface area contributed by atoms with Gasteiger partial charge in [0, 0.05) is 10.6 Å². The highest BCUT2D eigenvalue weighted by Crippen LogP contribution is 2.38. The van der Waals surface area contributed by atoms with E-state index in [9.17, 15) is 9.90 Å². The van der Waals surface area contributed by atoms with Gasteiger partial charge in [0.2, 0.25) is 0 Å². The van der Waals surface area contributed by atoms with Crippen molar-refractivity contribution < 1.29 is 19.7 Å². The second kappa shape index (κ2) is 4.49. The Morgan fingerprint density at radius 1 is 1.44 bits per heavy atom. The van der Waals surface area contributed by atoms with Crippen LogP contribution in [0, 0.1) is 0 Å². The summed E-state index contributed by atoms with van der Waals surface area (Å²) in [4.78, 5) is 10.9. The first kappa shape index (κ1) is 13.1. The molecule has 0 fully saturated rings. The summed E-state index contributed by atoms with van der Waals surface area (Å²) >= 11 is 11.6. The van der Waals surface area contributed by atoms with E-state index >= 15 is 0 Å². The summed E-state index contributed by atoms with van der Waals surface area (Å²) in [6.07, 6.45) is 0. The monoisotopic (exact) mass is 264 g/mol. The van der Waals surface area contributed by atoms with Crippen LogP contribution in [0.3, 0.4) is 0 Å². The normalized spacial score (nSPS) is 14.3. The van der Waals surface area contributed by atoms with Crippen molar-refractivity contribution in [2.24, 2.45) is 0 Å². The molecule has 6 heteroatoms. The molecule has 0 radical (unpaired) electrons. The molecule has 0 aliphatic heterocycles. The molecule has 0 aliphatic rings. The average Bonchev–Trinajstić information content (AvgIpc) is 2.16. The maximum Gasteiger partial charge on any atom is 0.340 e. The maximum atomic E-state index is 10.9. The van der Waals surface area contributed by atoms with E-state index in [2.05, 4.69) is 0 Å². The van der Waals surface area contributed by atoms with Crippen LogP contribution >= 0.6 is 23.2 Å². The predicted octanol–water partition coefficient (Wildman–Crippen LogP) is 2.29. The van der Waals surface area contributed by atoms with Crippen LogP contribution in [-0.2, 0) is 10.4 Å². The number of hydrogen-bond acceptors (Lipinski definition) is 3. The Bertz CT molecular complexity index is 429. The summed E-state index contributed by atoms with van der Waals surface area (Å²) in [5, 5.41) is 19.1. The lowest BCUT2D eigenvalue weighted by molar-refractivity contribution is -0.157. The molecule has 1 atom stereocenters. The van der Waals surface area contributed by atoms with Gasteiger partial charge in [-0.3, -0.25) is 0 Å². The van der Waals surface area contributed by atoms with Crippen LogP contribution in [-0.4, -0.2) is 23.3 Å². The van der Waals surface area contributed by atoms with Gasteiger partial charge in [-0.25, -0.2) is 4.79 Å². The highest BCUT2D eigenvalue weighted by molar-refractivity contribution is 6.35. The zero-order valence-electron chi connectivity index (χ0n) is 8.62. The summed E-state index contributed by atoms with van der Waals surface area (Å²) in [6.45, 7) is 1.12. The third-order valence-corrected chi connectivity index (χ3v) is 2.65. The SMILES string of the molecule is COc1c(Cl)cc(Cl)cc1C(C)(O)C(=O)O. The highest BCUT2D eigenvalue weighted by atomic mass is 35.5. The quantitative estimate of drug-likeness (QED) is 0.879. The molecule has 0 spiro atoms. The van der Waals surface area contributed by atoms with Crippen molar-refractivity contribution >= 4 is 29.2 Å². The largest absolute Gasteiger partial charge is 0.495 e. The van der Waals surface area contributed by atoms with E-state index in [1.807, 2.05) is 0 Å². The summed E-state index contributed by atoms with van der Waals surface area (Å²) in [7, 11) is 1.33. The summed E-state index contributed by atoms with van der Waals surface area (Å²) in [5.74, 6) is -1.32. The molecular formula is C10H10Cl2O4. The molecule has 1 rings (SSSR count). The number of benzene rings is 1. The Hall–Kier alpha value is -0.970. The van der Waals surface area contributed by atoms with Crippen molar-refractivity contribution in [3.8, 4) is 5.75 Å². The fraction of sp³-hybridized carbons (Fsp3) is 0.300. The Balaban J connectivity index is 3.48. The molecule has 0 saturated carbocycles. The van der Waals surface area contributed by atoms with Gasteiger partial charge in [0.25, 0.3) is 0 Å². The van der Waals surface area contributed by atoms with Crippen molar-refractivity contribution in [2.75, 3.05) is 7.11 Å². The van der Waals surface area contributed by atoms with Crippen LogP contribution in [0.5, 0.6) is 5.75 Å². The molecule has 1 aromatic carbocycles. The van der Waals surface area contributed by atoms with Crippen molar-refractivity contribution in [2.45, 2.75) is 12.5 Å². The van der Waals surface area contributed by atoms with Gasteiger partial charge in [-0.05, 0) is 19.1 Å². The second-order valence-corrected chi connectivity index (χ2v) is 4.19. The molecule has 0 saturated heterocycles. The average molecular weight is 265 g/mol. The van der Waals surface area contributed by atoms with E-state index in [0.717, 1.165) is 6.92 Å². The Morgan fingerprint density at radius 3 is 2.44 bits per heavy atom. The fourth-order valence-electron chi connectivity index (χ4n) is 1.24. The highest BCUT2D eigenvalue weighted by Gasteiger charge is 2.36. The second-order valence-electron chi connectivity index (χ2n) is 3.35. The van der Waals surface area contributed by atoms with E-state index in [-0.39, 0.29) is 21.4 Å². The van der Waals surface area contributed by atoms with Crippen LogP contribution in [0.1, 0.15) is 12.5 Å². The number of carboxylic acid groups (broad SMARTS) is 1. The third-order valence-electron chi connectivity index (χ3n) is 2.15. The summed E-state index contributed by atoms with van der Waals surface area (Å²) in [6, 6.07) is 2.71. The number of halogens is 2. The molecule has 1 unspecified atom stereocenters. The van der Waals surface area contributed by atoms with Crippen LogP contribution in [0.4, 0.5) is 0 Å². The molecule has 16 heavy (non-hydrogen) atoms. The molecule has 0 aromatic heterocycles. The summed E-state index contributed by atoms with van der Waals surface area (Å²) in [5.41, 5.74) is -2.10. The van der Waals surface area contributed by atoms with Crippen LogP contribution in [0.2, 0.25) is 10.0 Å². The molecule has 0 heterocycles. The number of carbonyl (C=O) groups is 1. The van der Waals surface area contributed by atoms with Gasteiger partial charge in [-0.2, -0.15) is 0 Å². The lowest BCUT2D eigenvalue weighted by atomic mass is 9.95. The Kier molecular flexibility index (Phi) is 3.68. The fourth-order valence-corrected chi connectivity index (χ4v) is 1.82. The molecule has 4 nitrogen and oxygen atoms in total. The van der Waals surface area contributed by atoms with Crippen molar-refractivity contribution in [1.82, 2.24) is 0 Å². The van der Waals surface area contributed by atoms with E-state index in [1.54, 1.807) is 0 Å². The number of aliphatic hydroxyl groups is 1. The van der Waals surface area contributed by atoms with Crippen molar-refractivity contribution in [3.05, 3.63) is 27.7 Å². The maximum absolute atomic E-state index is 10.9. The predicted molar refractivity (Wildman–Crippen MR) is 60.2 cm³/mol. The Labute approximate surface area is 102 Å².